The fourth-order valence-corrected chi connectivity index (χ4v) is 5.31. The van der Waals surface area contributed by atoms with E-state index in [4.69, 9.17) is 0 Å². The van der Waals surface area contributed by atoms with Gasteiger partial charge in [0, 0.05) is 23.7 Å². The fraction of sp³-hybridized carbons (Fsp3) is 0.524. The number of nitro benzene ring substituents is 1. The van der Waals surface area contributed by atoms with E-state index in [9.17, 15) is 19.7 Å². The third-order valence-corrected chi connectivity index (χ3v) is 7.46. The van der Waals surface area contributed by atoms with Gasteiger partial charge in [-0.2, -0.15) is 0 Å². The Morgan fingerprint density at radius 3 is 2.72 bits per heavy atom. The van der Waals surface area contributed by atoms with Gasteiger partial charge in [0.1, 0.15) is 0 Å². The van der Waals surface area contributed by atoms with E-state index in [1.807, 2.05) is 0 Å². The molecule has 1 aromatic heterocycles. The highest BCUT2D eigenvalue weighted by molar-refractivity contribution is 8.01. The van der Waals surface area contributed by atoms with Crippen molar-refractivity contribution in [2.75, 3.05) is 16.4 Å². The molecule has 2 N–H and O–H groups in total. The summed E-state index contributed by atoms with van der Waals surface area (Å²) in [6, 6.07) is 5.77. The molecule has 9 nitrogen and oxygen atoms in total. The molecule has 0 bridgehead atoms. The molecule has 0 unspecified atom stereocenters. The summed E-state index contributed by atoms with van der Waals surface area (Å²) in [7, 11) is 0. The number of carbonyl (C=O) groups is 2. The van der Waals surface area contributed by atoms with Gasteiger partial charge >= 0.3 is 0 Å². The van der Waals surface area contributed by atoms with Gasteiger partial charge in [-0.1, -0.05) is 55.4 Å². The smallest absolute Gasteiger partial charge is 0.271 e. The van der Waals surface area contributed by atoms with Crippen molar-refractivity contribution in [1.82, 2.24) is 10.2 Å². The van der Waals surface area contributed by atoms with Crippen LogP contribution in [-0.4, -0.2) is 32.7 Å². The number of hydrogen-bond donors (Lipinski definition) is 2. The van der Waals surface area contributed by atoms with E-state index in [1.165, 1.54) is 60.6 Å². The first kappa shape index (κ1) is 24.1. The molecule has 0 atom stereocenters. The molecular weight excluding hydrogens is 450 g/mol. The molecule has 1 heterocycles. The summed E-state index contributed by atoms with van der Waals surface area (Å²) >= 11 is 2.43. The van der Waals surface area contributed by atoms with Crippen molar-refractivity contribution < 1.29 is 14.5 Å². The average Bonchev–Trinajstić information content (AvgIpc) is 3.24. The summed E-state index contributed by atoms with van der Waals surface area (Å²) in [6.45, 7) is 2.21. The zero-order chi connectivity index (χ0) is 22.9. The van der Waals surface area contributed by atoms with E-state index >= 15 is 0 Å². The number of amides is 2. The Kier molecular flexibility index (Phi) is 8.98. The summed E-state index contributed by atoms with van der Waals surface area (Å²) in [5, 5.41) is 24.8. The number of aromatic nitrogens is 2. The molecule has 32 heavy (non-hydrogen) atoms. The van der Waals surface area contributed by atoms with Crippen LogP contribution in [0.5, 0.6) is 0 Å². The van der Waals surface area contributed by atoms with Crippen molar-refractivity contribution in [3.63, 3.8) is 0 Å². The number of non-ortho nitro benzene ring substituents is 1. The quantitative estimate of drug-likeness (QED) is 0.211. The van der Waals surface area contributed by atoms with Crippen molar-refractivity contribution in [2.24, 2.45) is 11.8 Å². The second kappa shape index (κ2) is 11.9. The SMILES string of the molecule is CCCCC1CCC(C(=O)Nc2nnc(SCC(=O)Nc3cccc([N+](=O)[O-])c3)s2)CC1. The molecule has 1 aliphatic carbocycles. The van der Waals surface area contributed by atoms with Gasteiger partial charge in [0.2, 0.25) is 16.9 Å². The number of nitrogens with zero attached hydrogens (tertiary/aromatic N) is 3. The minimum absolute atomic E-state index is 0.00458. The number of carbonyl (C=O) groups excluding carboxylic acids is 2. The van der Waals surface area contributed by atoms with Crippen LogP contribution in [0, 0.1) is 22.0 Å². The predicted octanol–water partition coefficient (Wildman–Crippen LogP) is 5.11. The second-order valence-electron chi connectivity index (χ2n) is 7.87. The Balaban J connectivity index is 1.42. The molecule has 2 aromatic rings. The fourth-order valence-electron chi connectivity index (χ4n) is 3.75. The Morgan fingerprint density at radius 2 is 2.00 bits per heavy atom. The van der Waals surface area contributed by atoms with Gasteiger partial charge in [0.15, 0.2) is 4.34 Å². The van der Waals surface area contributed by atoms with E-state index < -0.39 is 4.92 Å². The van der Waals surface area contributed by atoms with Crippen LogP contribution in [0.2, 0.25) is 0 Å². The third kappa shape index (κ3) is 7.27. The third-order valence-electron chi connectivity index (χ3n) is 5.49. The van der Waals surface area contributed by atoms with Crippen molar-refractivity contribution in [3.8, 4) is 0 Å². The second-order valence-corrected chi connectivity index (χ2v) is 10.1. The Morgan fingerprint density at radius 1 is 1.22 bits per heavy atom. The standard InChI is InChI=1S/C21H27N5O4S2/c1-2-3-5-14-8-10-15(11-9-14)19(28)23-20-24-25-21(32-20)31-13-18(27)22-16-6-4-7-17(12-16)26(29)30/h4,6-7,12,14-15H,2-3,5,8-11,13H2,1H3,(H,22,27)(H,23,24,28). The summed E-state index contributed by atoms with van der Waals surface area (Å²) in [5.74, 6) is 0.531. The Labute approximate surface area is 194 Å². The van der Waals surface area contributed by atoms with Crippen LogP contribution in [0.15, 0.2) is 28.6 Å². The molecule has 0 saturated heterocycles. The van der Waals surface area contributed by atoms with Crippen molar-refractivity contribution >= 4 is 51.4 Å². The number of hydrogen-bond acceptors (Lipinski definition) is 8. The van der Waals surface area contributed by atoms with Crippen LogP contribution in [0.4, 0.5) is 16.5 Å². The number of rotatable bonds is 10. The summed E-state index contributed by atoms with van der Waals surface area (Å²) < 4.78 is 0.567. The topological polar surface area (TPSA) is 127 Å². The van der Waals surface area contributed by atoms with Crippen LogP contribution in [-0.2, 0) is 9.59 Å². The highest BCUT2D eigenvalue weighted by Gasteiger charge is 2.26. The molecule has 0 radical (unpaired) electrons. The molecule has 11 heteroatoms. The van der Waals surface area contributed by atoms with Gasteiger partial charge < -0.3 is 10.6 Å². The van der Waals surface area contributed by atoms with Crippen LogP contribution in [0.25, 0.3) is 0 Å². The minimum Gasteiger partial charge on any atom is -0.325 e. The first-order valence-electron chi connectivity index (χ1n) is 10.8. The largest absolute Gasteiger partial charge is 0.325 e. The van der Waals surface area contributed by atoms with Gasteiger partial charge in [-0.05, 0) is 37.7 Å². The zero-order valence-electron chi connectivity index (χ0n) is 17.9. The molecule has 1 aromatic carbocycles. The highest BCUT2D eigenvalue weighted by Crippen LogP contribution is 2.33. The van der Waals surface area contributed by atoms with Crippen molar-refractivity contribution in [2.45, 2.75) is 56.2 Å². The van der Waals surface area contributed by atoms with Crippen molar-refractivity contribution in [1.29, 1.82) is 0 Å². The summed E-state index contributed by atoms with van der Waals surface area (Å²) in [5.41, 5.74) is 0.272. The van der Waals surface area contributed by atoms with E-state index in [1.54, 1.807) is 6.07 Å². The van der Waals surface area contributed by atoms with E-state index in [0.717, 1.165) is 31.6 Å². The maximum Gasteiger partial charge on any atom is 0.271 e. The molecular formula is C21H27N5O4S2. The Hall–Kier alpha value is -2.53. The molecule has 172 valence electrons. The van der Waals surface area contributed by atoms with Gasteiger partial charge in [-0.3, -0.25) is 19.7 Å². The lowest BCUT2D eigenvalue weighted by atomic mass is 9.79. The van der Waals surface area contributed by atoms with Crippen LogP contribution >= 0.6 is 23.1 Å². The van der Waals surface area contributed by atoms with E-state index in [0.29, 0.717) is 15.2 Å². The maximum absolute atomic E-state index is 12.6. The lowest BCUT2D eigenvalue weighted by Crippen LogP contribution is -2.27. The molecule has 3 rings (SSSR count). The van der Waals surface area contributed by atoms with Gasteiger partial charge in [-0.25, -0.2) is 0 Å². The van der Waals surface area contributed by atoms with Gasteiger partial charge in [0.05, 0.1) is 10.7 Å². The van der Waals surface area contributed by atoms with Crippen LogP contribution < -0.4 is 10.6 Å². The normalized spacial score (nSPS) is 18.2. The van der Waals surface area contributed by atoms with Gasteiger partial charge in [-0.15, -0.1) is 10.2 Å². The van der Waals surface area contributed by atoms with Crippen molar-refractivity contribution in [3.05, 3.63) is 34.4 Å². The lowest BCUT2D eigenvalue weighted by molar-refractivity contribution is -0.384. The average molecular weight is 478 g/mol. The van der Waals surface area contributed by atoms with E-state index in [-0.39, 0.29) is 29.2 Å². The zero-order valence-corrected chi connectivity index (χ0v) is 19.5. The molecule has 0 aliphatic heterocycles. The monoisotopic (exact) mass is 477 g/mol. The number of nitrogens with one attached hydrogen (secondary N) is 2. The molecule has 1 fully saturated rings. The minimum atomic E-state index is -0.514. The number of nitro groups is 1. The van der Waals surface area contributed by atoms with Gasteiger partial charge in [0.25, 0.3) is 5.69 Å². The maximum atomic E-state index is 12.6. The van der Waals surface area contributed by atoms with Crippen LogP contribution in [0.1, 0.15) is 51.9 Å². The summed E-state index contributed by atoms with van der Waals surface area (Å²) in [6.07, 6.45) is 7.78. The molecule has 0 spiro atoms. The Bertz CT molecular complexity index is 944. The molecule has 1 saturated carbocycles. The van der Waals surface area contributed by atoms with E-state index in [2.05, 4.69) is 27.8 Å². The number of anilines is 2. The molecule has 2 amide bonds. The first-order valence-corrected chi connectivity index (χ1v) is 12.6. The number of benzene rings is 1. The highest BCUT2D eigenvalue weighted by atomic mass is 32.2. The number of thioether (sulfide) groups is 1. The molecule has 1 aliphatic rings. The lowest BCUT2D eigenvalue weighted by Gasteiger charge is -2.27. The van der Waals surface area contributed by atoms with Crippen LogP contribution in [0.3, 0.4) is 0 Å². The first-order chi connectivity index (χ1) is 15.4. The number of unbranched alkanes of at least 4 members (excludes halogenated alkanes) is 1. The summed E-state index contributed by atoms with van der Waals surface area (Å²) in [4.78, 5) is 35.0. The predicted molar refractivity (Wildman–Crippen MR) is 126 cm³/mol.